The van der Waals surface area contributed by atoms with Crippen LogP contribution in [0.1, 0.15) is 62.5 Å². The van der Waals surface area contributed by atoms with Gasteiger partial charge in [-0.3, -0.25) is 4.68 Å². The van der Waals surface area contributed by atoms with Gasteiger partial charge in [0.1, 0.15) is 0 Å². The van der Waals surface area contributed by atoms with Gasteiger partial charge in [0.05, 0.1) is 5.69 Å². The first-order valence-electron chi connectivity index (χ1n) is 6.81. The topological polar surface area (TPSA) is 29.9 Å². The molecule has 3 heteroatoms. The van der Waals surface area contributed by atoms with E-state index in [1.165, 1.54) is 36.9 Å². The second-order valence-corrected chi connectivity index (χ2v) is 4.94. The average molecular weight is 237 g/mol. The molecule has 1 aromatic heterocycles. The van der Waals surface area contributed by atoms with Gasteiger partial charge in [-0.2, -0.15) is 5.10 Å². The molecule has 0 saturated carbocycles. The maximum absolute atomic E-state index is 4.47. The highest BCUT2D eigenvalue weighted by atomic mass is 15.3. The molecule has 1 rings (SSSR count). The average Bonchev–Trinajstić information content (AvgIpc) is 2.53. The van der Waals surface area contributed by atoms with Gasteiger partial charge in [-0.05, 0) is 33.7 Å². The zero-order valence-corrected chi connectivity index (χ0v) is 12.0. The third-order valence-electron chi connectivity index (χ3n) is 3.48. The Morgan fingerprint density at radius 3 is 2.47 bits per heavy atom. The molecule has 0 aliphatic carbocycles. The van der Waals surface area contributed by atoms with Gasteiger partial charge in [-0.15, -0.1) is 0 Å². The van der Waals surface area contributed by atoms with Crippen molar-refractivity contribution in [3.8, 4) is 0 Å². The molecule has 0 radical (unpaired) electrons. The predicted octanol–water partition coefficient (Wildman–Crippen LogP) is 3.27. The summed E-state index contributed by atoms with van der Waals surface area (Å²) in [4.78, 5) is 0. The first-order chi connectivity index (χ1) is 8.07. The number of rotatable bonds is 7. The lowest BCUT2D eigenvalue weighted by Gasteiger charge is -2.14. The van der Waals surface area contributed by atoms with Crippen molar-refractivity contribution in [3.05, 3.63) is 17.0 Å². The van der Waals surface area contributed by atoms with Crippen LogP contribution in [0.15, 0.2) is 0 Å². The molecule has 0 amide bonds. The van der Waals surface area contributed by atoms with Gasteiger partial charge in [0.25, 0.3) is 0 Å². The molecule has 0 aliphatic rings. The van der Waals surface area contributed by atoms with Crippen molar-refractivity contribution in [1.82, 2.24) is 15.1 Å². The molecule has 1 atom stereocenters. The normalized spacial score (nSPS) is 13.0. The van der Waals surface area contributed by atoms with Crippen molar-refractivity contribution in [2.24, 2.45) is 7.05 Å². The molecular weight excluding hydrogens is 210 g/mol. The van der Waals surface area contributed by atoms with Crippen LogP contribution in [0.2, 0.25) is 0 Å². The van der Waals surface area contributed by atoms with Crippen LogP contribution in [-0.4, -0.2) is 16.3 Å². The Morgan fingerprint density at radius 2 is 1.94 bits per heavy atom. The first kappa shape index (κ1) is 14.2. The fourth-order valence-corrected chi connectivity index (χ4v) is 2.39. The molecule has 0 spiro atoms. The van der Waals surface area contributed by atoms with Gasteiger partial charge in [0.2, 0.25) is 0 Å². The summed E-state index contributed by atoms with van der Waals surface area (Å²) in [5.74, 6) is 0. The molecule has 0 saturated heterocycles. The highest BCUT2D eigenvalue weighted by Gasteiger charge is 2.15. The molecule has 0 aliphatic heterocycles. The third kappa shape index (κ3) is 3.84. The molecular formula is C14H27N3. The predicted molar refractivity (Wildman–Crippen MR) is 73.2 cm³/mol. The Kier molecular flexibility index (Phi) is 5.69. The number of aryl methyl sites for hydroxylation is 2. The summed E-state index contributed by atoms with van der Waals surface area (Å²) >= 11 is 0. The van der Waals surface area contributed by atoms with Gasteiger partial charge >= 0.3 is 0 Å². The summed E-state index contributed by atoms with van der Waals surface area (Å²) in [6, 6.07) is 0.408. The van der Waals surface area contributed by atoms with Crippen molar-refractivity contribution in [2.45, 2.75) is 59.4 Å². The van der Waals surface area contributed by atoms with Crippen LogP contribution in [0.25, 0.3) is 0 Å². The number of hydrogen-bond acceptors (Lipinski definition) is 2. The quantitative estimate of drug-likeness (QED) is 0.738. The highest BCUT2D eigenvalue weighted by molar-refractivity contribution is 5.27. The fraction of sp³-hybridized carbons (Fsp3) is 0.786. The smallest absolute Gasteiger partial charge is 0.0644 e. The SMILES string of the molecule is CCCCCCNC(C)c1c(C)nn(C)c1C. The molecule has 1 N–H and O–H groups in total. The lowest BCUT2D eigenvalue weighted by Crippen LogP contribution is -2.21. The fourth-order valence-electron chi connectivity index (χ4n) is 2.39. The minimum atomic E-state index is 0.408. The Bertz CT molecular complexity index is 341. The van der Waals surface area contributed by atoms with E-state index in [0.717, 1.165) is 12.2 Å². The number of nitrogens with one attached hydrogen (secondary N) is 1. The van der Waals surface area contributed by atoms with Crippen molar-refractivity contribution < 1.29 is 0 Å². The second kappa shape index (κ2) is 6.80. The zero-order valence-electron chi connectivity index (χ0n) is 12.0. The molecule has 1 aromatic rings. The summed E-state index contributed by atoms with van der Waals surface area (Å²) in [5, 5.41) is 8.07. The molecule has 0 bridgehead atoms. The molecule has 1 unspecified atom stereocenters. The Morgan fingerprint density at radius 1 is 1.24 bits per heavy atom. The minimum absolute atomic E-state index is 0.408. The maximum atomic E-state index is 4.47. The highest BCUT2D eigenvalue weighted by Crippen LogP contribution is 2.20. The van der Waals surface area contributed by atoms with Crippen LogP contribution in [0.3, 0.4) is 0 Å². The molecule has 0 aromatic carbocycles. The second-order valence-electron chi connectivity index (χ2n) is 4.94. The van der Waals surface area contributed by atoms with Crippen LogP contribution < -0.4 is 5.32 Å². The van der Waals surface area contributed by atoms with Crippen LogP contribution >= 0.6 is 0 Å². The number of hydrogen-bond donors (Lipinski definition) is 1. The number of aromatic nitrogens is 2. The Balaban J connectivity index is 2.44. The zero-order chi connectivity index (χ0) is 12.8. The van der Waals surface area contributed by atoms with Crippen LogP contribution in [0.4, 0.5) is 0 Å². The van der Waals surface area contributed by atoms with Crippen molar-refractivity contribution in [2.75, 3.05) is 6.54 Å². The van der Waals surface area contributed by atoms with E-state index in [-0.39, 0.29) is 0 Å². The van der Waals surface area contributed by atoms with E-state index in [1.54, 1.807) is 0 Å². The molecule has 1 heterocycles. The molecule has 98 valence electrons. The van der Waals surface area contributed by atoms with Crippen LogP contribution in [0.5, 0.6) is 0 Å². The van der Waals surface area contributed by atoms with Crippen molar-refractivity contribution in [1.29, 1.82) is 0 Å². The van der Waals surface area contributed by atoms with Gasteiger partial charge in [-0.1, -0.05) is 26.2 Å². The van der Waals surface area contributed by atoms with E-state index < -0.39 is 0 Å². The summed E-state index contributed by atoms with van der Waals surface area (Å²) in [7, 11) is 2.01. The summed E-state index contributed by atoms with van der Waals surface area (Å²) in [6.07, 6.45) is 5.26. The molecule has 17 heavy (non-hydrogen) atoms. The van der Waals surface area contributed by atoms with Crippen molar-refractivity contribution in [3.63, 3.8) is 0 Å². The monoisotopic (exact) mass is 237 g/mol. The van der Waals surface area contributed by atoms with Crippen LogP contribution in [-0.2, 0) is 7.05 Å². The van der Waals surface area contributed by atoms with Crippen LogP contribution in [0, 0.1) is 13.8 Å². The lowest BCUT2D eigenvalue weighted by molar-refractivity contribution is 0.533. The van der Waals surface area contributed by atoms with E-state index in [9.17, 15) is 0 Å². The van der Waals surface area contributed by atoms with Gasteiger partial charge in [-0.25, -0.2) is 0 Å². The van der Waals surface area contributed by atoms with Gasteiger partial charge < -0.3 is 5.32 Å². The maximum Gasteiger partial charge on any atom is 0.0644 e. The largest absolute Gasteiger partial charge is 0.310 e. The summed E-state index contributed by atoms with van der Waals surface area (Å²) in [6.45, 7) is 9.83. The van der Waals surface area contributed by atoms with Gasteiger partial charge in [0, 0.05) is 24.3 Å². The third-order valence-corrected chi connectivity index (χ3v) is 3.48. The summed E-state index contributed by atoms with van der Waals surface area (Å²) in [5.41, 5.74) is 3.79. The van der Waals surface area contributed by atoms with E-state index in [4.69, 9.17) is 0 Å². The number of unbranched alkanes of at least 4 members (excludes halogenated alkanes) is 3. The molecule has 0 fully saturated rings. The molecule has 3 nitrogen and oxygen atoms in total. The van der Waals surface area contributed by atoms with E-state index in [2.05, 4.69) is 38.1 Å². The van der Waals surface area contributed by atoms with E-state index in [1.807, 2.05) is 11.7 Å². The first-order valence-corrected chi connectivity index (χ1v) is 6.81. The Hall–Kier alpha value is -0.830. The van der Waals surface area contributed by atoms with Gasteiger partial charge in [0.15, 0.2) is 0 Å². The number of nitrogens with zero attached hydrogens (tertiary/aromatic N) is 2. The lowest BCUT2D eigenvalue weighted by atomic mass is 10.1. The standard InChI is InChI=1S/C14H27N3/c1-6-7-8-9-10-15-11(2)14-12(3)16-17(5)13(14)4/h11,15H,6-10H2,1-5H3. The van der Waals surface area contributed by atoms with E-state index in [0.29, 0.717) is 6.04 Å². The summed E-state index contributed by atoms with van der Waals surface area (Å²) < 4.78 is 1.97. The van der Waals surface area contributed by atoms with Crippen molar-refractivity contribution >= 4 is 0 Å². The minimum Gasteiger partial charge on any atom is -0.310 e. The van der Waals surface area contributed by atoms with E-state index >= 15 is 0 Å². The Labute approximate surface area is 106 Å².